The Balaban J connectivity index is 2.03. The van der Waals surface area contributed by atoms with Crippen molar-refractivity contribution in [2.45, 2.75) is 19.4 Å². The zero-order chi connectivity index (χ0) is 6.97. The summed E-state index contributed by atoms with van der Waals surface area (Å²) in [6.07, 6.45) is 6.64. The molecule has 1 aromatic rings. The van der Waals surface area contributed by atoms with Gasteiger partial charge in [-0.1, -0.05) is 0 Å². The summed E-state index contributed by atoms with van der Waals surface area (Å²) < 4.78 is 2.12. The molecular weight excluding hydrogens is 126 g/mol. The second-order valence-corrected chi connectivity index (χ2v) is 3.00. The predicted molar refractivity (Wildman–Crippen MR) is 38.1 cm³/mol. The first kappa shape index (κ1) is 5.77. The highest BCUT2D eigenvalue weighted by molar-refractivity contribution is 5.18. The van der Waals surface area contributed by atoms with Crippen LogP contribution < -0.4 is 10.3 Å². The van der Waals surface area contributed by atoms with E-state index in [-0.39, 0.29) is 0 Å². The molecule has 1 aliphatic rings. The Hall–Kier alpha value is -0.990. The molecule has 3 heteroatoms. The maximum absolute atomic E-state index is 5.50. The van der Waals surface area contributed by atoms with E-state index in [2.05, 4.69) is 9.55 Å². The van der Waals surface area contributed by atoms with Crippen molar-refractivity contribution in [2.75, 3.05) is 5.73 Å². The average molecular weight is 138 g/mol. The predicted octanol–water partition coefficient (Wildman–Crippen LogP) is 0.294. The van der Waals surface area contributed by atoms with Crippen LogP contribution in [0.25, 0.3) is 0 Å². The number of hydrogen-bond acceptors (Lipinski definition) is 1. The lowest BCUT2D eigenvalue weighted by atomic mass is 10.4. The van der Waals surface area contributed by atoms with E-state index in [1.807, 2.05) is 12.5 Å². The minimum atomic E-state index is 0.751. The Morgan fingerprint density at radius 3 is 3.00 bits per heavy atom. The molecule has 0 amide bonds. The van der Waals surface area contributed by atoms with E-state index in [1.54, 1.807) is 0 Å². The van der Waals surface area contributed by atoms with Gasteiger partial charge in [-0.25, -0.2) is 9.55 Å². The van der Waals surface area contributed by atoms with Gasteiger partial charge < -0.3 is 5.73 Å². The van der Waals surface area contributed by atoms with E-state index in [4.69, 9.17) is 5.73 Å². The number of aromatic nitrogens is 2. The van der Waals surface area contributed by atoms with Gasteiger partial charge in [0.15, 0.2) is 6.20 Å². The van der Waals surface area contributed by atoms with Crippen molar-refractivity contribution in [3.63, 3.8) is 0 Å². The second-order valence-electron chi connectivity index (χ2n) is 3.00. The Labute approximate surface area is 59.9 Å². The first-order chi connectivity index (χ1) is 4.84. The minimum absolute atomic E-state index is 0.751. The third kappa shape index (κ3) is 1.12. The highest BCUT2D eigenvalue weighted by Crippen LogP contribution is 2.28. The van der Waals surface area contributed by atoms with Crippen LogP contribution in [0.5, 0.6) is 0 Å². The fourth-order valence-corrected chi connectivity index (χ4v) is 1.11. The molecule has 0 bridgehead atoms. The first-order valence-electron chi connectivity index (χ1n) is 3.67. The molecule has 0 unspecified atom stereocenters. The van der Waals surface area contributed by atoms with Gasteiger partial charge >= 0.3 is 0 Å². The quantitative estimate of drug-likeness (QED) is 0.567. The highest BCUT2D eigenvalue weighted by atomic mass is 15.1. The molecule has 0 spiro atoms. The third-order valence-electron chi connectivity index (χ3n) is 1.87. The van der Waals surface area contributed by atoms with Crippen molar-refractivity contribution < 1.29 is 4.57 Å². The van der Waals surface area contributed by atoms with E-state index in [0.717, 1.165) is 18.3 Å². The molecule has 1 saturated carbocycles. The standard InChI is InChI=1S/C7H11N3/c8-7-4-10(5-9-7)3-6-1-2-6/h4-6H,1-3,8H2/p+1. The Kier molecular flexibility index (Phi) is 1.16. The van der Waals surface area contributed by atoms with Gasteiger partial charge in [0, 0.05) is 0 Å². The number of anilines is 1. The van der Waals surface area contributed by atoms with Crippen molar-refractivity contribution in [3.05, 3.63) is 12.5 Å². The zero-order valence-electron chi connectivity index (χ0n) is 5.88. The number of imidazole rings is 1. The van der Waals surface area contributed by atoms with Crippen molar-refractivity contribution in [2.24, 2.45) is 5.92 Å². The molecule has 2 rings (SSSR count). The van der Waals surface area contributed by atoms with Crippen molar-refractivity contribution in [1.82, 2.24) is 4.98 Å². The number of nitrogen functional groups attached to an aromatic ring is 1. The van der Waals surface area contributed by atoms with Gasteiger partial charge in [0.2, 0.25) is 12.1 Å². The summed E-state index contributed by atoms with van der Waals surface area (Å²) in [4.78, 5) is 2.94. The number of nitrogens with one attached hydrogen (secondary N) is 1. The van der Waals surface area contributed by atoms with Gasteiger partial charge in [-0.3, -0.25) is 0 Å². The Morgan fingerprint density at radius 1 is 1.70 bits per heavy atom. The van der Waals surface area contributed by atoms with Crippen molar-refractivity contribution >= 4 is 5.82 Å². The van der Waals surface area contributed by atoms with Gasteiger partial charge in [0.05, 0.1) is 6.54 Å². The smallest absolute Gasteiger partial charge is 0.243 e. The summed E-state index contributed by atoms with van der Waals surface area (Å²) in [6, 6.07) is 0. The molecule has 0 aromatic carbocycles. The van der Waals surface area contributed by atoms with Crippen LogP contribution in [-0.4, -0.2) is 4.98 Å². The first-order valence-corrected chi connectivity index (χ1v) is 3.67. The molecule has 0 atom stereocenters. The summed E-state index contributed by atoms with van der Waals surface area (Å²) in [7, 11) is 0. The van der Waals surface area contributed by atoms with Crippen LogP contribution in [0.4, 0.5) is 5.82 Å². The SMILES string of the molecule is Nc1c[n+](CC2CC2)c[nH]1. The van der Waals surface area contributed by atoms with Crippen LogP contribution in [0.3, 0.4) is 0 Å². The number of hydrogen-bond donors (Lipinski definition) is 2. The molecule has 3 N–H and O–H groups in total. The minimum Gasteiger partial charge on any atom is -0.363 e. The number of nitrogens with two attached hydrogens (primary N) is 1. The van der Waals surface area contributed by atoms with E-state index < -0.39 is 0 Å². The lowest BCUT2D eigenvalue weighted by molar-refractivity contribution is -0.698. The number of aromatic amines is 1. The molecule has 0 aliphatic heterocycles. The van der Waals surface area contributed by atoms with E-state index in [1.165, 1.54) is 12.8 Å². The van der Waals surface area contributed by atoms with Crippen LogP contribution in [0.2, 0.25) is 0 Å². The zero-order valence-corrected chi connectivity index (χ0v) is 5.88. The molecule has 1 heterocycles. The maximum Gasteiger partial charge on any atom is 0.243 e. The molecule has 0 radical (unpaired) electrons. The van der Waals surface area contributed by atoms with E-state index in [0.29, 0.717) is 0 Å². The van der Waals surface area contributed by atoms with Gasteiger partial charge in [0.25, 0.3) is 0 Å². The number of nitrogens with zero attached hydrogens (tertiary/aromatic N) is 1. The monoisotopic (exact) mass is 138 g/mol. The maximum atomic E-state index is 5.50. The van der Waals surface area contributed by atoms with Crippen molar-refractivity contribution in [1.29, 1.82) is 0 Å². The molecule has 1 aromatic heterocycles. The largest absolute Gasteiger partial charge is 0.363 e. The third-order valence-corrected chi connectivity index (χ3v) is 1.87. The molecule has 10 heavy (non-hydrogen) atoms. The summed E-state index contributed by atoms with van der Waals surface area (Å²) in [5.74, 6) is 1.67. The van der Waals surface area contributed by atoms with E-state index in [9.17, 15) is 0 Å². The Bertz CT molecular complexity index is 225. The van der Waals surface area contributed by atoms with Crippen molar-refractivity contribution in [3.8, 4) is 0 Å². The number of rotatable bonds is 2. The highest BCUT2D eigenvalue weighted by Gasteiger charge is 2.24. The average Bonchev–Trinajstić information content (AvgIpc) is 2.59. The molecule has 54 valence electrons. The molecule has 1 fully saturated rings. The van der Waals surface area contributed by atoms with Gasteiger partial charge in [0.1, 0.15) is 0 Å². The molecule has 1 aliphatic carbocycles. The molecule has 3 nitrogen and oxygen atoms in total. The summed E-state index contributed by atoms with van der Waals surface area (Å²) in [5.41, 5.74) is 5.50. The second kappa shape index (κ2) is 2.01. The topological polar surface area (TPSA) is 45.7 Å². The van der Waals surface area contributed by atoms with Crippen LogP contribution >= 0.6 is 0 Å². The molecule has 0 saturated heterocycles. The lowest BCUT2D eigenvalue weighted by Crippen LogP contribution is -2.31. The lowest BCUT2D eigenvalue weighted by Gasteiger charge is -1.88. The van der Waals surface area contributed by atoms with Crippen LogP contribution in [-0.2, 0) is 6.54 Å². The fraction of sp³-hybridized carbons (Fsp3) is 0.571. The molecular formula is C7H12N3+. The van der Waals surface area contributed by atoms with Crippen LogP contribution in [0.15, 0.2) is 12.5 Å². The summed E-state index contributed by atoms with van der Waals surface area (Å²) in [6.45, 7) is 1.13. The van der Waals surface area contributed by atoms with Gasteiger partial charge in [-0.05, 0) is 18.8 Å². The summed E-state index contributed by atoms with van der Waals surface area (Å²) >= 11 is 0. The van der Waals surface area contributed by atoms with E-state index >= 15 is 0 Å². The number of H-pyrrole nitrogens is 1. The Morgan fingerprint density at radius 2 is 2.50 bits per heavy atom. The van der Waals surface area contributed by atoms with Gasteiger partial charge in [-0.2, -0.15) is 0 Å². The fourth-order valence-electron chi connectivity index (χ4n) is 1.11. The van der Waals surface area contributed by atoms with Gasteiger partial charge in [-0.15, -0.1) is 0 Å². The van der Waals surface area contributed by atoms with Crippen LogP contribution in [0, 0.1) is 5.92 Å². The summed E-state index contributed by atoms with van der Waals surface area (Å²) in [5, 5.41) is 0. The normalized spacial score (nSPS) is 17.6. The van der Waals surface area contributed by atoms with Crippen LogP contribution in [0.1, 0.15) is 12.8 Å².